The third kappa shape index (κ3) is 5.75. The van der Waals surface area contributed by atoms with Crippen molar-refractivity contribution in [3.63, 3.8) is 0 Å². The van der Waals surface area contributed by atoms with E-state index >= 15 is 0 Å². The van der Waals surface area contributed by atoms with Crippen molar-refractivity contribution in [1.29, 1.82) is 0 Å². The van der Waals surface area contributed by atoms with E-state index < -0.39 is 10.0 Å². The normalized spacial score (nSPS) is 12.0. The number of rotatable bonds is 6. The van der Waals surface area contributed by atoms with Crippen LogP contribution in [0, 0.1) is 0 Å². The highest BCUT2D eigenvalue weighted by Crippen LogP contribution is 2.34. The van der Waals surface area contributed by atoms with Gasteiger partial charge in [-0.15, -0.1) is 11.3 Å². The van der Waals surface area contributed by atoms with Gasteiger partial charge in [0, 0.05) is 10.0 Å². The molecule has 0 saturated heterocycles. The number of guanidine groups is 1. The first-order valence-electron chi connectivity index (χ1n) is 9.83. The number of halogens is 2. The minimum atomic E-state index is -3.73. The van der Waals surface area contributed by atoms with Gasteiger partial charge in [0.25, 0.3) is 10.0 Å². The number of hydrogen-bond donors (Lipinski definition) is 2. The Kier molecular flexibility index (Phi) is 7.05. The maximum atomic E-state index is 12.3. The Balaban J connectivity index is 1.64. The van der Waals surface area contributed by atoms with Crippen molar-refractivity contribution in [1.82, 2.24) is 4.72 Å². The van der Waals surface area contributed by atoms with E-state index in [0.29, 0.717) is 10.0 Å². The lowest BCUT2D eigenvalue weighted by molar-refractivity contribution is 0.594. The zero-order valence-electron chi connectivity index (χ0n) is 17.2. The number of nitrogens with two attached hydrogens (primary N) is 1. The van der Waals surface area contributed by atoms with Crippen LogP contribution in [0.2, 0.25) is 10.0 Å². The molecule has 0 spiro atoms. The fourth-order valence-corrected chi connectivity index (χ4v) is 5.45. The van der Waals surface area contributed by atoms with Gasteiger partial charge in [0.2, 0.25) is 5.96 Å². The van der Waals surface area contributed by atoms with E-state index in [1.54, 1.807) is 11.4 Å². The van der Waals surface area contributed by atoms with Gasteiger partial charge in [-0.3, -0.25) is 0 Å². The molecular weight excluding hydrogens is 497 g/mol. The Hall–Kier alpha value is -2.84. The summed E-state index contributed by atoms with van der Waals surface area (Å²) in [4.78, 5) is 4.22. The molecule has 1 aromatic heterocycles. The molecule has 0 fully saturated rings. The first kappa shape index (κ1) is 23.3. The Morgan fingerprint density at radius 3 is 2.06 bits per heavy atom. The number of sulfonamides is 1. The molecule has 0 amide bonds. The van der Waals surface area contributed by atoms with Gasteiger partial charge in [-0.1, -0.05) is 65.7 Å². The molecule has 0 saturated carbocycles. The largest absolute Gasteiger partial charge is 0.369 e. The first-order chi connectivity index (χ1) is 15.8. The van der Waals surface area contributed by atoms with Crippen molar-refractivity contribution in [3.05, 3.63) is 99.9 Å². The van der Waals surface area contributed by atoms with E-state index in [4.69, 9.17) is 28.9 Å². The highest BCUT2D eigenvalue weighted by atomic mass is 35.5. The molecule has 0 aliphatic heterocycles. The van der Waals surface area contributed by atoms with Crippen LogP contribution in [0.3, 0.4) is 0 Å². The summed E-state index contributed by atoms with van der Waals surface area (Å²) in [5.74, 6) is -0.168. The van der Waals surface area contributed by atoms with E-state index in [9.17, 15) is 8.42 Å². The summed E-state index contributed by atoms with van der Waals surface area (Å²) in [6.45, 7) is 0.209. The molecule has 4 aromatic rings. The number of aliphatic imine (C=N–C) groups is 1. The van der Waals surface area contributed by atoms with Crippen molar-refractivity contribution < 1.29 is 8.42 Å². The summed E-state index contributed by atoms with van der Waals surface area (Å²) in [6, 6.07) is 24.3. The number of nitrogens with zero attached hydrogens (tertiary/aromatic N) is 1. The number of nitrogens with one attached hydrogen (secondary N) is 1. The summed E-state index contributed by atoms with van der Waals surface area (Å²) < 4.78 is 27.1. The number of hydrogen-bond acceptors (Lipinski definition) is 4. The highest BCUT2D eigenvalue weighted by molar-refractivity contribution is 7.92. The molecule has 3 aromatic carbocycles. The van der Waals surface area contributed by atoms with Gasteiger partial charge in [-0.25, -0.2) is 18.1 Å². The smallest absolute Gasteiger partial charge is 0.273 e. The van der Waals surface area contributed by atoms with Gasteiger partial charge >= 0.3 is 0 Å². The SMILES string of the molecule is NC(=NCc1ccc(-c2ccc(Cl)cc2)c(-c2ccc(Cl)cc2)c1)NS(=O)(=O)c1cccs1. The average molecular weight is 516 g/mol. The Morgan fingerprint density at radius 2 is 1.48 bits per heavy atom. The third-order valence-electron chi connectivity index (χ3n) is 4.83. The Labute approximate surface area is 206 Å². The van der Waals surface area contributed by atoms with Crippen molar-refractivity contribution >= 4 is 50.5 Å². The molecule has 5 nitrogen and oxygen atoms in total. The molecule has 1 heterocycles. The van der Waals surface area contributed by atoms with Crippen LogP contribution < -0.4 is 10.5 Å². The van der Waals surface area contributed by atoms with Crippen molar-refractivity contribution in [2.75, 3.05) is 0 Å². The maximum Gasteiger partial charge on any atom is 0.273 e. The van der Waals surface area contributed by atoms with Crippen LogP contribution in [0.15, 0.2) is 93.4 Å². The molecule has 33 heavy (non-hydrogen) atoms. The molecule has 0 unspecified atom stereocenters. The fourth-order valence-electron chi connectivity index (χ4n) is 3.25. The molecule has 9 heteroatoms. The minimum absolute atomic E-state index is 0.168. The third-order valence-corrected chi connectivity index (χ3v) is 8.08. The number of benzene rings is 3. The summed E-state index contributed by atoms with van der Waals surface area (Å²) in [6.07, 6.45) is 0. The van der Waals surface area contributed by atoms with Gasteiger partial charge in [0.05, 0.1) is 6.54 Å². The van der Waals surface area contributed by atoms with E-state index in [2.05, 4.69) is 9.71 Å². The van der Waals surface area contributed by atoms with Crippen molar-refractivity contribution in [2.45, 2.75) is 10.8 Å². The predicted octanol–water partition coefficient (Wildman–Crippen LogP) is 6.18. The molecule has 3 N–H and O–H groups in total. The van der Waals surface area contributed by atoms with Crippen LogP contribution in [-0.2, 0) is 16.6 Å². The van der Waals surface area contributed by atoms with Gasteiger partial charge in [-0.2, -0.15) is 0 Å². The van der Waals surface area contributed by atoms with Crippen LogP contribution in [0.25, 0.3) is 22.3 Å². The zero-order chi connectivity index (χ0) is 23.4. The molecule has 0 aliphatic carbocycles. The van der Waals surface area contributed by atoms with E-state index in [1.165, 1.54) is 6.07 Å². The number of thiophene rings is 1. The summed E-state index contributed by atoms with van der Waals surface area (Å²) in [5.41, 5.74) is 10.7. The van der Waals surface area contributed by atoms with Gasteiger partial charge in [0.1, 0.15) is 4.21 Å². The molecule has 168 valence electrons. The first-order valence-corrected chi connectivity index (χ1v) is 12.9. The quantitative estimate of drug-likeness (QED) is 0.237. The monoisotopic (exact) mass is 515 g/mol. The van der Waals surface area contributed by atoms with Crippen LogP contribution in [-0.4, -0.2) is 14.4 Å². The zero-order valence-corrected chi connectivity index (χ0v) is 20.3. The molecule has 0 aliphatic rings. The molecule has 0 radical (unpaired) electrons. The summed E-state index contributed by atoms with van der Waals surface area (Å²) >= 11 is 13.2. The molecule has 0 atom stereocenters. The van der Waals surface area contributed by atoms with E-state index in [-0.39, 0.29) is 16.7 Å². The predicted molar refractivity (Wildman–Crippen MR) is 137 cm³/mol. The highest BCUT2D eigenvalue weighted by Gasteiger charge is 2.16. The fraction of sp³-hybridized carbons (Fsp3) is 0.0417. The summed E-state index contributed by atoms with van der Waals surface area (Å²) in [5, 5.41) is 3.00. The van der Waals surface area contributed by atoms with Crippen LogP contribution in [0.4, 0.5) is 0 Å². The maximum absolute atomic E-state index is 12.3. The minimum Gasteiger partial charge on any atom is -0.369 e. The second-order valence-electron chi connectivity index (χ2n) is 7.13. The van der Waals surface area contributed by atoms with E-state index in [1.807, 2.05) is 66.7 Å². The second kappa shape index (κ2) is 9.97. The van der Waals surface area contributed by atoms with E-state index in [0.717, 1.165) is 39.2 Å². The average Bonchev–Trinajstić information content (AvgIpc) is 3.35. The summed E-state index contributed by atoms with van der Waals surface area (Å²) in [7, 11) is -3.73. The van der Waals surface area contributed by atoms with Crippen molar-refractivity contribution in [2.24, 2.45) is 10.7 Å². The second-order valence-corrected chi connectivity index (χ2v) is 10.9. The van der Waals surface area contributed by atoms with Gasteiger partial charge in [-0.05, 0) is 69.6 Å². The molecule has 4 rings (SSSR count). The van der Waals surface area contributed by atoms with Crippen LogP contribution in [0.5, 0.6) is 0 Å². The topological polar surface area (TPSA) is 84.5 Å². The standard InChI is InChI=1S/C24H19Cl2N3O2S2/c25-19-8-4-17(5-9-19)21-12-3-16(14-22(21)18-6-10-20(26)11-7-18)15-28-24(27)29-33(30,31)23-2-1-13-32-23/h1-14H,15H2,(H3,27,28,29). The lowest BCUT2D eigenvalue weighted by atomic mass is 9.93. The van der Waals surface area contributed by atoms with Gasteiger partial charge < -0.3 is 5.73 Å². The molecular formula is C24H19Cl2N3O2S2. The Morgan fingerprint density at radius 1 is 0.879 bits per heavy atom. The lowest BCUT2D eigenvalue weighted by Gasteiger charge is -2.13. The van der Waals surface area contributed by atoms with Crippen LogP contribution >= 0.6 is 34.5 Å². The Bertz CT molecular complexity index is 1380. The van der Waals surface area contributed by atoms with Crippen molar-refractivity contribution in [3.8, 4) is 22.3 Å². The molecule has 0 bridgehead atoms. The lowest BCUT2D eigenvalue weighted by Crippen LogP contribution is -2.36. The van der Waals surface area contributed by atoms with Crippen LogP contribution in [0.1, 0.15) is 5.56 Å². The van der Waals surface area contributed by atoms with Gasteiger partial charge in [0.15, 0.2) is 0 Å².